The summed E-state index contributed by atoms with van der Waals surface area (Å²) in [5.41, 5.74) is 13.6. The molecule has 10 rings (SSSR count). The third-order valence-corrected chi connectivity index (χ3v) is 9.78. The molecule has 10 aromatic rings. The highest BCUT2D eigenvalue weighted by molar-refractivity contribution is 6.16. The van der Waals surface area contributed by atoms with Crippen LogP contribution < -0.4 is 0 Å². The van der Waals surface area contributed by atoms with E-state index in [0.717, 1.165) is 83.2 Å². The molecular weight excluding hydrogens is 621 g/mol. The maximum Gasteiger partial charge on any atom is 0.145 e. The number of nitrogens with zero attached hydrogens (tertiary/aromatic N) is 4. The van der Waals surface area contributed by atoms with Crippen molar-refractivity contribution in [2.24, 2.45) is 0 Å². The highest BCUT2D eigenvalue weighted by Crippen LogP contribution is 2.38. The molecule has 0 atom stereocenters. The molecule has 0 aliphatic rings. The number of benzene rings is 7. The molecule has 4 heteroatoms. The summed E-state index contributed by atoms with van der Waals surface area (Å²) in [7, 11) is 0. The summed E-state index contributed by atoms with van der Waals surface area (Å²) in [5, 5.41) is 3.32. The lowest BCUT2D eigenvalue weighted by Crippen LogP contribution is -1.97. The zero-order chi connectivity index (χ0) is 33.7. The van der Waals surface area contributed by atoms with Gasteiger partial charge in [0.2, 0.25) is 0 Å². The molecule has 0 aliphatic carbocycles. The van der Waals surface area contributed by atoms with Gasteiger partial charge in [0, 0.05) is 38.5 Å². The van der Waals surface area contributed by atoms with Crippen molar-refractivity contribution in [3.63, 3.8) is 0 Å². The van der Waals surface area contributed by atoms with Crippen LogP contribution in [0.4, 0.5) is 0 Å². The second-order valence-electron chi connectivity index (χ2n) is 12.9. The second kappa shape index (κ2) is 11.9. The van der Waals surface area contributed by atoms with E-state index >= 15 is 0 Å². The zero-order valence-electron chi connectivity index (χ0n) is 27.6. The van der Waals surface area contributed by atoms with Crippen molar-refractivity contribution in [1.82, 2.24) is 19.5 Å². The number of fused-ring (bicyclic) bond motifs is 5. The minimum absolute atomic E-state index is 0.906. The van der Waals surface area contributed by atoms with Crippen LogP contribution in [0.5, 0.6) is 0 Å². The van der Waals surface area contributed by atoms with Crippen molar-refractivity contribution >= 4 is 43.7 Å². The SMILES string of the molecule is c1ccc(-c2c3ccccc3nc3c2ccc2ccc(-c4cccc(-c5ccc(-c6nc7ccccc7n6-c6ccccc6)cc5)c4)nc23)cc1. The van der Waals surface area contributed by atoms with E-state index in [-0.39, 0.29) is 0 Å². The number of hydrogen-bond acceptors (Lipinski definition) is 3. The Hall–Kier alpha value is -6.91. The molecule has 0 fully saturated rings. The number of aromatic nitrogens is 4. The van der Waals surface area contributed by atoms with Crippen molar-refractivity contribution in [2.45, 2.75) is 0 Å². The van der Waals surface area contributed by atoms with E-state index in [9.17, 15) is 0 Å². The molecular formula is C47H30N4. The predicted octanol–water partition coefficient (Wildman–Crippen LogP) is 11.9. The van der Waals surface area contributed by atoms with Crippen LogP contribution in [0.1, 0.15) is 0 Å². The van der Waals surface area contributed by atoms with Crippen LogP contribution in [-0.4, -0.2) is 19.5 Å². The molecule has 0 saturated heterocycles. The van der Waals surface area contributed by atoms with Gasteiger partial charge >= 0.3 is 0 Å². The van der Waals surface area contributed by atoms with Crippen LogP contribution in [0.25, 0.3) is 94.3 Å². The van der Waals surface area contributed by atoms with Crippen molar-refractivity contribution in [3.05, 3.63) is 182 Å². The second-order valence-corrected chi connectivity index (χ2v) is 12.9. The average molecular weight is 651 g/mol. The number of rotatable bonds is 5. The highest BCUT2D eigenvalue weighted by Gasteiger charge is 2.16. The number of imidazole rings is 1. The van der Waals surface area contributed by atoms with E-state index in [0.29, 0.717) is 0 Å². The zero-order valence-corrected chi connectivity index (χ0v) is 27.6. The van der Waals surface area contributed by atoms with Gasteiger partial charge in [0.1, 0.15) is 5.82 Å². The molecule has 0 unspecified atom stereocenters. The topological polar surface area (TPSA) is 43.6 Å². The fourth-order valence-corrected chi connectivity index (χ4v) is 7.34. The van der Waals surface area contributed by atoms with Gasteiger partial charge in [-0.15, -0.1) is 0 Å². The first-order chi connectivity index (χ1) is 25.3. The monoisotopic (exact) mass is 650 g/mol. The predicted molar refractivity (Wildman–Crippen MR) is 211 cm³/mol. The fraction of sp³-hybridized carbons (Fsp3) is 0. The molecule has 0 radical (unpaired) electrons. The average Bonchev–Trinajstić information content (AvgIpc) is 3.60. The van der Waals surface area contributed by atoms with E-state index < -0.39 is 0 Å². The summed E-state index contributed by atoms with van der Waals surface area (Å²) in [6.45, 7) is 0. The standard InChI is InChI=1S/C47H30N4/c1-3-12-32(13-4-1)44-38-18-7-8-19-41(38)49-46-39(44)28-26-33-27-29-40(48-45(33)46)36-15-11-14-35(30-36)31-22-24-34(25-23-31)47-50-42-20-9-10-21-43(42)51(47)37-16-5-2-6-17-37/h1-30H. The summed E-state index contributed by atoms with van der Waals surface area (Å²) < 4.78 is 2.24. The lowest BCUT2D eigenvalue weighted by Gasteiger charge is -2.13. The summed E-state index contributed by atoms with van der Waals surface area (Å²) in [5.74, 6) is 0.923. The first-order valence-electron chi connectivity index (χ1n) is 17.2. The van der Waals surface area contributed by atoms with Gasteiger partial charge in [-0.05, 0) is 59.2 Å². The van der Waals surface area contributed by atoms with Gasteiger partial charge < -0.3 is 0 Å². The summed E-state index contributed by atoms with van der Waals surface area (Å²) >= 11 is 0. The Bertz CT molecular complexity index is 2890. The molecule has 0 spiro atoms. The fourth-order valence-electron chi connectivity index (χ4n) is 7.34. The van der Waals surface area contributed by atoms with Gasteiger partial charge in [0.25, 0.3) is 0 Å². The van der Waals surface area contributed by atoms with Crippen LogP contribution >= 0.6 is 0 Å². The normalized spacial score (nSPS) is 11.5. The van der Waals surface area contributed by atoms with Crippen LogP contribution in [0.15, 0.2) is 182 Å². The molecule has 0 saturated carbocycles. The highest BCUT2D eigenvalue weighted by atomic mass is 15.1. The van der Waals surface area contributed by atoms with Crippen LogP contribution in [-0.2, 0) is 0 Å². The molecule has 238 valence electrons. The summed E-state index contributed by atoms with van der Waals surface area (Å²) in [4.78, 5) is 15.5. The van der Waals surface area contributed by atoms with E-state index in [1.165, 1.54) is 11.1 Å². The molecule has 51 heavy (non-hydrogen) atoms. The van der Waals surface area contributed by atoms with Crippen molar-refractivity contribution in [2.75, 3.05) is 0 Å². The summed E-state index contributed by atoms with van der Waals surface area (Å²) in [6, 6.07) is 63.7. The third-order valence-electron chi connectivity index (χ3n) is 9.78. The van der Waals surface area contributed by atoms with Crippen molar-refractivity contribution in [3.8, 4) is 50.6 Å². The third kappa shape index (κ3) is 4.96. The van der Waals surface area contributed by atoms with Crippen LogP contribution in [0, 0.1) is 0 Å². The molecule has 3 heterocycles. The largest absolute Gasteiger partial charge is 0.292 e. The molecule has 4 nitrogen and oxygen atoms in total. The van der Waals surface area contributed by atoms with Gasteiger partial charge in [0.15, 0.2) is 0 Å². The van der Waals surface area contributed by atoms with Gasteiger partial charge in [-0.3, -0.25) is 4.57 Å². The molecule has 7 aromatic carbocycles. The molecule has 0 N–H and O–H groups in total. The Kier molecular flexibility index (Phi) is 6.78. The molecule has 3 aromatic heterocycles. The van der Waals surface area contributed by atoms with Gasteiger partial charge in [-0.1, -0.05) is 140 Å². The number of hydrogen-bond donors (Lipinski definition) is 0. The molecule has 0 aliphatic heterocycles. The van der Waals surface area contributed by atoms with E-state index in [1.807, 2.05) is 12.1 Å². The minimum atomic E-state index is 0.906. The van der Waals surface area contributed by atoms with Gasteiger partial charge in [0.05, 0.1) is 33.3 Å². The maximum atomic E-state index is 5.29. The molecule has 0 bridgehead atoms. The smallest absolute Gasteiger partial charge is 0.145 e. The van der Waals surface area contributed by atoms with E-state index in [4.69, 9.17) is 15.0 Å². The van der Waals surface area contributed by atoms with Crippen molar-refractivity contribution < 1.29 is 0 Å². The van der Waals surface area contributed by atoms with Crippen LogP contribution in [0.2, 0.25) is 0 Å². The Morgan fingerprint density at radius 3 is 1.88 bits per heavy atom. The van der Waals surface area contributed by atoms with Gasteiger partial charge in [-0.25, -0.2) is 15.0 Å². The minimum Gasteiger partial charge on any atom is -0.292 e. The lowest BCUT2D eigenvalue weighted by molar-refractivity contribution is 1.10. The van der Waals surface area contributed by atoms with E-state index in [2.05, 4.69) is 174 Å². The lowest BCUT2D eigenvalue weighted by atomic mass is 9.95. The first-order valence-corrected chi connectivity index (χ1v) is 17.2. The van der Waals surface area contributed by atoms with E-state index in [1.54, 1.807) is 0 Å². The van der Waals surface area contributed by atoms with Crippen molar-refractivity contribution in [1.29, 1.82) is 0 Å². The first kappa shape index (κ1) is 29.0. The Morgan fingerprint density at radius 1 is 0.373 bits per heavy atom. The maximum absolute atomic E-state index is 5.29. The Labute approximate surface area is 295 Å². The number of pyridine rings is 2. The quantitative estimate of drug-likeness (QED) is 0.138. The Morgan fingerprint density at radius 2 is 1.04 bits per heavy atom. The van der Waals surface area contributed by atoms with Crippen LogP contribution in [0.3, 0.4) is 0 Å². The Balaban J connectivity index is 1.06. The van der Waals surface area contributed by atoms with Gasteiger partial charge in [-0.2, -0.15) is 0 Å². The molecule has 0 amide bonds. The summed E-state index contributed by atoms with van der Waals surface area (Å²) in [6.07, 6.45) is 0. The number of para-hydroxylation sites is 4.